The first-order chi connectivity index (χ1) is 8.45. The van der Waals surface area contributed by atoms with Crippen LogP contribution in [0.4, 0.5) is 0 Å². The molecule has 0 aliphatic rings. The lowest BCUT2D eigenvalue weighted by Gasteiger charge is -2.23. The Hall–Kier alpha value is -1.81. The van der Waals surface area contributed by atoms with Crippen LogP contribution in [0, 0.1) is 12.3 Å². The smallest absolute Gasteiger partial charge is 0.241 e. The maximum atomic E-state index is 11.7. The Morgan fingerprint density at radius 2 is 2.11 bits per heavy atom. The van der Waals surface area contributed by atoms with Crippen LogP contribution >= 0.6 is 0 Å². The lowest BCUT2D eigenvalue weighted by atomic mass is 9.92. The molecule has 18 heavy (non-hydrogen) atoms. The molecule has 1 aromatic heterocycles. The zero-order valence-corrected chi connectivity index (χ0v) is 11.0. The maximum Gasteiger partial charge on any atom is 0.241 e. The van der Waals surface area contributed by atoms with Crippen molar-refractivity contribution in [2.45, 2.75) is 27.3 Å². The van der Waals surface area contributed by atoms with Crippen molar-refractivity contribution in [3.63, 3.8) is 0 Å². The molecule has 0 radical (unpaired) electrons. The lowest BCUT2D eigenvalue weighted by molar-refractivity contribution is -0.130. The van der Waals surface area contributed by atoms with Gasteiger partial charge in [-0.15, -0.1) is 0 Å². The van der Waals surface area contributed by atoms with Gasteiger partial charge in [-0.25, -0.2) is 5.84 Å². The van der Waals surface area contributed by atoms with Crippen molar-refractivity contribution in [2.75, 3.05) is 0 Å². The normalized spacial score (nSPS) is 11.8. The van der Waals surface area contributed by atoms with Gasteiger partial charge in [0.25, 0.3) is 0 Å². The van der Waals surface area contributed by atoms with Gasteiger partial charge in [-0.2, -0.15) is 0 Å². The molecule has 1 amide bonds. The molecule has 0 bridgehead atoms. The van der Waals surface area contributed by atoms with E-state index in [0.717, 1.165) is 5.52 Å². The number of carbonyl (C=O) groups excluding carboxylic acids is 1. The van der Waals surface area contributed by atoms with Gasteiger partial charge in [0.15, 0.2) is 0 Å². The topological polar surface area (TPSA) is 60.0 Å². The second kappa shape index (κ2) is 4.46. The largest absolute Gasteiger partial charge is 0.346 e. The highest BCUT2D eigenvalue weighted by molar-refractivity contribution is 5.84. The van der Waals surface area contributed by atoms with Crippen molar-refractivity contribution in [2.24, 2.45) is 11.3 Å². The Morgan fingerprint density at radius 3 is 2.78 bits per heavy atom. The molecule has 0 spiro atoms. The number of benzene rings is 1. The third kappa shape index (κ3) is 2.11. The molecule has 3 N–H and O–H groups in total. The molecule has 0 saturated carbocycles. The second-order valence-electron chi connectivity index (χ2n) is 5.31. The van der Waals surface area contributed by atoms with Gasteiger partial charge in [0, 0.05) is 23.6 Å². The van der Waals surface area contributed by atoms with E-state index in [1.165, 1.54) is 10.9 Å². The maximum absolute atomic E-state index is 11.7. The minimum atomic E-state index is -0.537. The molecule has 0 saturated heterocycles. The molecule has 4 nitrogen and oxygen atoms in total. The summed E-state index contributed by atoms with van der Waals surface area (Å²) in [4.78, 5) is 11.7. The molecular weight excluding hydrogens is 226 g/mol. The first-order valence-corrected chi connectivity index (χ1v) is 6.01. The van der Waals surface area contributed by atoms with Gasteiger partial charge >= 0.3 is 0 Å². The van der Waals surface area contributed by atoms with E-state index in [0.29, 0.717) is 6.54 Å². The number of nitrogens with zero attached hydrogens (tertiary/aromatic N) is 1. The highest BCUT2D eigenvalue weighted by atomic mass is 16.2. The number of rotatable bonds is 3. The minimum absolute atomic E-state index is 0.156. The van der Waals surface area contributed by atoms with Gasteiger partial charge in [0.05, 0.1) is 5.41 Å². The number of aromatic nitrogens is 1. The number of hydrazine groups is 1. The van der Waals surface area contributed by atoms with Crippen LogP contribution in [-0.2, 0) is 11.3 Å². The SMILES string of the molecule is Cc1cccc2c1ccn2CC(C)(C)C(=O)NN. The van der Waals surface area contributed by atoms with Crippen molar-refractivity contribution in [3.8, 4) is 0 Å². The van der Waals surface area contributed by atoms with Crippen molar-refractivity contribution in [1.29, 1.82) is 0 Å². The minimum Gasteiger partial charge on any atom is -0.346 e. The molecule has 0 aliphatic heterocycles. The van der Waals surface area contributed by atoms with E-state index in [1.54, 1.807) is 0 Å². The Labute approximate surface area is 107 Å². The number of amides is 1. The third-order valence-corrected chi connectivity index (χ3v) is 3.34. The van der Waals surface area contributed by atoms with Crippen molar-refractivity contribution in [3.05, 3.63) is 36.0 Å². The number of nitrogens with two attached hydrogens (primary N) is 1. The van der Waals surface area contributed by atoms with E-state index in [4.69, 9.17) is 5.84 Å². The predicted molar refractivity (Wildman–Crippen MR) is 72.8 cm³/mol. The van der Waals surface area contributed by atoms with Gasteiger partial charge < -0.3 is 4.57 Å². The van der Waals surface area contributed by atoms with E-state index in [-0.39, 0.29) is 5.91 Å². The average molecular weight is 245 g/mol. The Kier molecular flexibility index (Phi) is 3.13. The third-order valence-electron chi connectivity index (χ3n) is 3.34. The fourth-order valence-electron chi connectivity index (χ4n) is 2.21. The number of carbonyl (C=O) groups is 1. The van der Waals surface area contributed by atoms with Gasteiger partial charge in [0.1, 0.15) is 0 Å². The Morgan fingerprint density at radius 1 is 1.39 bits per heavy atom. The summed E-state index contributed by atoms with van der Waals surface area (Å²) in [6.07, 6.45) is 2.02. The van der Waals surface area contributed by atoms with Crippen LogP contribution in [0.2, 0.25) is 0 Å². The summed E-state index contributed by atoms with van der Waals surface area (Å²) in [7, 11) is 0. The molecule has 2 aromatic rings. The summed E-state index contributed by atoms with van der Waals surface area (Å²) in [6, 6.07) is 8.27. The van der Waals surface area contributed by atoms with Crippen molar-refractivity contribution in [1.82, 2.24) is 9.99 Å². The Bertz CT molecular complexity index is 584. The second-order valence-corrected chi connectivity index (χ2v) is 5.31. The fraction of sp³-hybridized carbons (Fsp3) is 0.357. The zero-order chi connectivity index (χ0) is 13.3. The van der Waals surface area contributed by atoms with Gasteiger partial charge in [-0.1, -0.05) is 12.1 Å². The Balaban J connectivity index is 2.39. The van der Waals surface area contributed by atoms with E-state index in [1.807, 2.05) is 26.1 Å². The highest BCUT2D eigenvalue weighted by Crippen LogP contribution is 2.24. The van der Waals surface area contributed by atoms with E-state index in [2.05, 4.69) is 35.1 Å². The van der Waals surface area contributed by atoms with Gasteiger partial charge in [-0.05, 0) is 38.5 Å². The molecular formula is C14H19N3O. The summed E-state index contributed by atoms with van der Waals surface area (Å²) in [5.41, 5.74) is 4.08. The number of nitrogens with one attached hydrogen (secondary N) is 1. The van der Waals surface area contributed by atoms with Gasteiger partial charge in [0.2, 0.25) is 5.91 Å². The molecule has 4 heteroatoms. The molecule has 96 valence electrons. The molecule has 1 aromatic carbocycles. The van der Waals surface area contributed by atoms with Crippen LogP contribution in [0.15, 0.2) is 30.5 Å². The number of fused-ring (bicyclic) bond motifs is 1. The van der Waals surface area contributed by atoms with Crippen LogP contribution in [0.3, 0.4) is 0 Å². The van der Waals surface area contributed by atoms with E-state index < -0.39 is 5.41 Å². The molecule has 0 aliphatic carbocycles. The number of aryl methyl sites for hydroxylation is 1. The first-order valence-electron chi connectivity index (χ1n) is 6.01. The summed E-state index contributed by atoms with van der Waals surface area (Å²) in [5.74, 6) is 5.06. The van der Waals surface area contributed by atoms with Crippen LogP contribution in [-0.4, -0.2) is 10.5 Å². The van der Waals surface area contributed by atoms with Crippen molar-refractivity contribution >= 4 is 16.8 Å². The average Bonchev–Trinajstić information content (AvgIpc) is 2.72. The van der Waals surface area contributed by atoms with Gasteiger partial charge in [-0.3, -0.25) is 10.2 Å². The summed E-state index contributed by atoms with van der Waals surface area (Å²) in [6.45, 7) is 6.46. The summed E-state index contributed by atoms with van der Waals surface area (Å²) in [5, 5.41) is 1.22. The van der Waals surface area contributed by atoms with Crippen LogP contribution in [0.1, 0.15) is 19.4 Å². The standard InChI is InChI=1S/C14H19N3O/c1-10-5-4-6-12-11(10)7-8-17(12)9-14(2,3)13(18)16-15/h4-8H,9,15H2,1-3H3,(H,16,18). The monoisotopic (exact) mass is 245 g/mol. The zero-order valence-electron chi connectivity index (χ0n) is 11.0. The quantitative estimate of drug-likeness (QED) is 0.493. The lowest BCUT2D eigenvalue weighted by Crippen LogP contribution is -2.43. The van der Waals surface area contributed by atoms with Crippen LogP contribution < -0.4 is 11.3 Å². The van der Waals surface area contributed by atoms with E-state index in [9.17, 15) is 4.79 Å². The molecule has 0 fully saturated rings. The van der Waals surface area contributed by atoms with Crippen molar-refractivity contribution < 1.29 is 4.79 Å². The van der Waals surface area contributed by atoms with E-state index >= 15 is 0 Å². The summed E-state index contributed by atoms with van der Waals surface area (Å²) >= 11 is 0. The summed E-state index contributed by atoms with van der Waals surface area (Å²) < 4.78 is 2.09. The number of hydrogen-bond acceptors (Lipinski definition) is 2. The molecule has 0 unspecified atom stereocenters. The molecule has 0 atom stereocenters. The first kappa shape index (κ1) is 12.6. The number of hydrogen-bond donors (Lipinski definition) is 2. The molecule has 2 rings (SSSR count). The van der Waals surface area contributed by atoms with Crippen LogP contribution in [0.25, 0.3) is 10.9 Å². The van der Waals surface area contributed by atoms with Crippen LogP contribution in [0.5, 0.6) is 0 Å². The molecule has 1 heterocycles. The fourth-order valence-corrected chi connectivity index (χ4v) is 2.21. The highest BCUT2D eigenvalue weighted by Gasteiger charge is 2.27. The predicted octanol–water partition coefficient (Wildman–Crippen LogP) is 1.97.